The Morgan fingerprint density at radius 1 is 1.09 bits per heavy atom. The zero-order valence-electron chi connectivity index (χ0n) is 18.1. The lowest BCUT2D eigenvalue weighted by Crippen LogP contribution is -2.32. The highest BCUT2D eigenvalue weighted by molar-refractivity contribution is 6.46. The minimum atomic E-state index is -0.808. The van der Waals surface area contributed by atoms with Crippen LogP contribution >= 0.6 is 0 Å². The molecule has 168 valence electrons. The van der Waals surface area contributed by atoms with Crippen molar-refractivity contribution in [1.82, 2.24) is 9.80 Å². The van der Waals surface area contributed by atoms with Crippen LogP contribution in [0.5, 0.6) is 17.2 Å². The van der Waals surface area contributed by atoms with Gasteiger partial charge in [-0.05, 0) is 63.0 Å². The number of fused-ring (bicyclic) bond motifs is 1. The van der Waals surface area contributed by atoms with E-state index in [-0.39, 0.29) is 17.1 Å². The molecule has 8 nitrogen and oxygen atoms in total. The number of aliphatic hydroxyl groups is 1. The van der Waals surface area contributed by atoms with Gasteiger partial charge in [-0.2, -0.15) is 0 Å². The monoisotopic (exact) mass is 438 g/mol. The fraction of sp³-hybridized carbons (Fsp3) is 0.333. The molecule has 1 unspecified atom stereocenters. The number of likely N-dealkylation sites (tertiary alicyclic amines) is 1. The number of hydrogen-bond acceptors (Lipinski definition) is 7. The summed E-state index contributed by atoms with van der Waals surface area (Å²) in [6.45, 7) is 1.89. The van der Waals surface area contributed by atoms with Crippen LogP contribution in [0.4, 0.5) is 0 Å². The topological polar surface area (TPSA) is 99.5 Å². The van der Waals surface area contributed by atoms with Crippen LogP contribution < -0.4 is 9.47 Å². The summed E-state index contributed by atoms with van der Waals surface area (Å²) in [6.07, 6.45) is 0.652. The van der Waals surface area contributed by atoms with E-state index in [9.17, 15) is 19.8 Å². The molecule has 2 heterocycles. The van der Waals surface area contributed by atoms with Gasteiger partial charge < -0.3 is 29.5 Å². The number of Topliss-reactive ketones (excluding diaryl/α,β-unsaturated/α-hetero) is 1. The van der Waals surface area contributed by atoms with E-state index in [2.05, 4.69) is 0 Å². The van der Waals surface area contributed by atoms with Gasteiger partial charge in [0.25, 0.3) is 11.7 Å². The number of amides is 1. The molecule has 0 saturated carbocycles. The van der Waals surface area contributed by atoms with Gasteiger partial charge >= 0.3 is 0 Å². The average Bonchev–Trinajstić information content (AvgIpc) is 3.03. The first-order valence-electron chi connectivity index (χ1n) is 10.5. The van der Waals surface area contributed by atoms with Crippen LogP contribution in [0.15, 0.2) is 48.0 Å². The maximum Gasteiger partial charge on any atom is 0.295 e. The first-order valence-corrected chi connectivity index (χ1v) is 10.5. The molecule has 2 N–H and O–H groups in total. The zero-order chi connectivity index (χ0) is 22.8. The standard InChI is InChI=1S/C24H26N2O6/c1-25(2)9-4-10-26-21(15-5-3-6-17(27)13-15)20(23(29)24(26)30)22(28)16-7-8-18-19(14-16)32-12-11-31-18/h3,5-8,13-14,21,27-28H,4,9-12H2,1-2H3/b22-20-. The van der Waals surface area contributed by atoms with Crippen molar-refractivity contribution < 1.29 is 29.3 Å². The van der Waals surface area contributed by atoms with Crippen LogP contribution in [0.1, 0.15) is 23.6 Å². The lowest BCUT2D eigenvalue weighted by atomic mass is 9.95. The zero-order valence-corrected chi connectivity index (χ0v) is 18.1. The summed E-state index contributed by atoms with van der Waals surface area (Å²) in [5.41, 5.74) is 0.890. The van der Waals surface area contributed by atoms with Gasteiger partial charge in [-0.1, -0.05) is 12.1 Å². The van der Waals surface area contributed by atoms with Gasteiger partial charge in [-0.15, -0.1) is 0 Å². The van der Waals surface area contributed by atoms with Gasteiger partial charge in [0.15, 0.2) is 11.5 Å². The quantitative estimate of drug-likeness (QED) is 0.406. The summed E-state index contributed by atoms with van der Waals surface area (Å²) in [4.78, 5) is 29.4. The van der Waals surface area contributed by atoms with Gasteiger partial charge in [0.1, 0.15) is 24.7 Å². The van der Waals surface area contributed by atoms with E-state index in [4.69, 9.17) is 9.47 Å². The van der Waals surface area contributed by atoms with Crippen molar-refractivity contribution in [2.24, 2.45) is 0 Å². The first-order chi connectivity index (χ1) is 15.4. The van der Waals surface area contributed by atoms with Crippen molar-refractivity contribution in [2.75, 3.05) is 40.4 Å². The highest BCUT2D eigenvalue weighted by atomic mass is 16.6. The Hall–Kier alpha value is -3.52. The minimum absolute atomic E-state index is 0.0119. The van der Waals surface area contributed by atoms with Crippen molar-refractivity contribution in [3.05, 3.63) is 59.2 Å². The number of ketones is 1. The molecule has 32 heavy (non-hydrogen) atoms. The number of aliphatic hydroxyl groups excluding tert-OH is 1. The van der Waals surface area contributed by atoms with E-state index in [0.717, 1.165) is 6.54 Å². The summed E-state index contributed by atoms with van der Waals surface area (Å²) in [5.74, 6) is -0.674. The Balaban J connectivity index is 1.79. The van der Waals surface area contributed by atoms with Gasteiger partial charge in [-0.3, -0.25) is 9.59 Å². The molecule has 2 aromatic carbocycles. The summed E-state index contributed by atoms with van der Waals surface area (Å²) in [5, 5.41) is 21.2. The van der Waals surface area contributed by atoms with Crippen molar-refractivity contribution in [2.45, 2.75) is 12.5 Å². The van der Waals surface area contributed by atoms with Crippen LogP contribution in [0.3, 0.4) is 0 Å². The Morgan fingerprint density at radius 3 is 2.56 bits per heavy atom. The molecule has 2 aromatic rings. The Labute approximate surface area is 186 Å². The van der Waals surface area contributed by atoms with Crippen LogP contribution in [0.2, 0.25) is 0 Å². The first kappa shape index (κ1) is 21.7. The maximum absolute atomic E-state index is 13.0. The smallest absolute Gasteiger partial charge is 0.295 e. The normalized spacial score (nSPS) is 19.6. The number of hydrogen-bond donors (Lipinski definition) is 2. The Kier molecular flexibility index (Phi) is 6.05. The summed E-state index contributed by atoms with van der Waals surface area (Å²) >= 11 is 0. The third-order valence-electron chi connectivity index (χ3n) is 5.55. The second-order valence-corrected chi connectivity index (χ2v) is 8.10. The van der Waals surface area contributed by atoms with Crippen molar-refractivity contribution >= 4 is 17.4 Å². The van der Waals surface area contributed by atoms with Crippen molar-refractivity contribution in [3.63, 3.8) is 0 Å². The SMILES string of the molecule is CN(C)CCCN1C(=O)C(=O)/C(=C(\O)c2ccc3c(c2)OCCO3)C1c1cccc(O)c1. The molecule has 4 rings (SSSR count). The maximum atomic E-state index is 13.0. The number of carbonyl (C=O) groups is 2. The number of benzene rings is 2. The molecule has 0 radical (unpaired) electrons. The van der Waals surface area contributed by atoms with Crippen LogP contribution in [0, 0.1) is 0 Å². The van der Waals surface area contributed by atoms with E-state index in [1.165, 1.54) is 17.0 Å². The number of aromatic hydroxyl groups is 1. The molecule has 2 aliphatic rings. The van der Waals surface area contributed by atoms with E-state index in [1.54, 1.807) is 30.3 Å². The molecule has 0 spiro atoms. The summed E-state index contributed by atoms with van der Waals surface area (Å²) < 4.78 is 11.1. The van der Waals surface area contributed by atoms with Crippen LogP contribution in [-0.2, 0) is 9.59 Å². The van der Waals surface area contributed by atoms with Gasteiger partial charge in [0.05, 0.1) is 11.6 Å². The fourth-order valence-electron chi connectivity index (χ4n) is 4.06. The number of phenols is 1. The third kappa shape index (κ3) is 4.13. The Bertz CT molecular complexity index is 1080. The van der Waals surface area contributed by atoms with Crippen LogP contribution in [-0.4, -0.2) is 72.1 Å². The second-order valence-electron chi connectivity index (χ2n) is 8.10. The number of phenolic OH excluding ortho intramolecular Hbond substituents is 1. The summed E-state index contributed by atoms with van der Waals surface area (Å²) in [7, 11) is 3.87. The Morgan fingerprint density at radius 2 is 1.84 bits per heavy atom. The second kappa shape index (κ2) is 8.92. The molecule has 0 aliphatic carbocycles. The number of nitrogens with zero attached hydrogens (tertiary/aromatic N) is 2. The highest BCUT2D eigenvalue weighted by Crippen LogP contribution is 2.41. The lowest BCUT2D eigenvalue weighted by Gasteiger charge is -2.26. The molecule has 2 aliphatic heterocycles. The van der Waals surface area contributed by atoms with Crippen molar-refractivity contribution in [1.29, 1.82) is 0 Å². The van der Waals surface area contributed by atoms with Gasteiger partial charge in [0.2, 0.25) is 0 Å². The third-order valence-corrected chi connectivity index (χ3v) is 5.55. The molecule has 1 saturated heterocycles. The molecule has 1 fully saturated rings. The highest BCUT2D eigenvalue weighted by Gasteiger charge is 2.46. The number of carbonyl (C=O) groups excluding carboxylic acids is 2. The predicted molar refractivity (Wildman–Crippen MR) is 118 cm³/mol. The molecular weight excluding hydrogens is 412 g/mol. The van der Waals surface area contributed by atoms with Crippen LogP contribution in [0.25, 0.3) is 5.76 Å². The molecule has 0 bridgehead atoms. The van der Waals surface area contributed by atoms with E-state index in [1.807, 2.05) is 19.0 Å². The van der Waals surface area contributed by atoms with Crippen molar-refractivity contribution in [3.8, 4) is 17.2 Å². The van der Waals surface area contributed by atoms with E-state index >= 15 is 0 Å². The number of ether oxygens (including phenoxy) is 2. The summed E-state index contributed by atoms with van der Waals surface area (Å²) in [6, 6.07) is 10.5. The molecule has 0 aromatic heterocycles. The minimum Gasteiger partial charge on any atom is -0.508 e. The fourth-order valence-corrected chi connectivity index (χ4v) is 4.06. The number of rotatable bonds is 6. The lowest BCUT2D eigenvalue weighted by molar-refractivity contribution is -0.139. The molecule has 1 atom stereocenters. The van der Waals surface area contributed by atoms with E-state index < -0.39 is 17.7 Å². The molecular formula is C24H26N2O6. The average molecular weight is 438 g/mol. The van der Waals surface area contributed by atoms with Gasteiger partial charge in [-0.25, -0.2) is 0 Å². The largest absolute Gasteiger partial charge is 0.508 e. The van der Waals surface area contributed by atoms with E-state index in [0.29, 0.717) is 48.8 Å². The van der Waals surface area contributed by atoms with Gasteiger partial charge in [0, 0.05) is 12.1 Å². The molecule has 8 heteroatoms. The predicted octanol–water partition coefficient (Wildman–Crippen LogP) is 2.54. The molecule has 1 amide bonds.